The highest BCUT2D eigenvalue weighted by Crippen LogP contribution is 2.23. The molecule has 1 aromatic heterocycles. The van der Waals surface area contributed by atoms with Crippen LogP contribution in [-0.4, -0.2) is 11.0 Å². The molecule has 1 heterocycles. The molecule has 1 aliphatic carbocycles. The zero-order chi connectivity index (χ0) is 8.39. The number of aromatic nitrogens is 1. The molecule has 0 saturated heterocycles. The quantitative estimate of drug-likeness (QED) is 0.685. The Labute approximate surface area is 75.3 Å². The summed E-state index contributed by atoms with van der Waals surface area (Å²) < 4.78 is 0. The van der Waals surface area contributed by atoms with Crippen molar-refractivity contribution in [1.82, 2.24) is 4.98 Å². The Bertz CT molecular complexity index is 284. The second-order valence-electron chi connectivity index (χ2n) is 2.85. The Kier molecular flexibility index (Phi) is 1.99. The summed E-state index contributed by atoms with van der Waals surface area (Å²) in [6.45, 7) is 0. The molecule has 64 valence electrons. The summed E-state index contributed by atoms with van der Waals surface area (Å²) in [4.78, 5) is 4.13. The number of rotatable bonds is 2. The predicted molar refractivity (Wildman–Crippen MR) is 52.3 cm³/mol. The number of thiazole rings is 1. The van der Waals surface area contributed by atoms with E-state index in [0.29, 0.717) is 6.04 Å². The van der Waals surface area contributed by atoms with E-state index >= 15 is 0 Å². The molecule has 0 spiro atoms. The number of hydrogen-bond acceptors (Lipinski definition) is 4. The number of nitrogens with one attached hydrogen (secondary N) is 1. The van der Waals surface area contributed by atoms with Crippen LogP contribution in [0.2, 0.25) is 0 Å². The second-order valence-corrected chi connectivity index (χ2v) is 3.91. The lowest BCUT2D eigenvalue weighted by atomic mass is 10.2. The molecular weight excluding hydrogens is 170 g/mol. The molecule has 1 aromatic rings. The molecule has 0 saturated carbocycles. The zero-order valence-corrected chi connectivity index (χ0v) is 7.47. The van der Waals surface area contributed by atoms with Crippen LogP contribution in [0.5, 0.6) is 0 Å². The first kappa shape index (κ1) is 7.61. The van der Waals surface area contributed by atoms with Gasteiger partial charge in [0.1, 0.15) is 5.00 Å². The van der Waals surface area contributed by atoms with Gasteiger partial charge in [0, 0.05) is 6.04 Å². The van der Waals surface area contributed by atoms with Crippen molar-refractivity contribution in [2.45, 2.75) is 18.9 Å². The standard InChI is InChI=1S/C8H11N3S/c9-7-5-10-8(12-7)11-6-3-1-2-4-6/h1-2,5-6H,3-4,9H2,(H,10,11). The molecule has 0 radical (unpaired) electrons. The molecule has 0 aromatic carbocycles. The van der Waals surface area contributed by atoms with Gasteiger partial charge in [0.25, 0.3) is 0 Å². The van der Waals surface area contributed by atoms with E-state index in [-0.39, 0.29) is 0 Å². The van der Waals surface area contributed by atoms with Crippen molar-refractivity contribution >= 4 is 21.5 Å². The van der Waals surface area contributed by atoms with E-state index in [9.17, 15) is 0 Å². The first-order valence-electron chi connectivity index (χ1n) is 3.97. The first-order valence-corrected chi connectivity index (χ1v) is 4.79. The molecule has 2 rings (SSSR count). The van der Waals surface area contributed by atoms with Crippen LogP contribution in [0.4, 0.5) is 10.1 Å². The van der Waals surface area contributed by atoms with Crippen molar-refractivity contribution in [1.29, 1.82) is 0 Å². The summed E-state index contributed by atoms with van der Waals surface area (Å²) in [5.41, 5.74) is 5.55. The summed E-state index contributed by atoms with van der Waals surface area (Å²) in [5, 5.41) is 5.03. The van der Waals surface area contributed by atoms with Gasteiger partial charge in [-0.25, -0.2) is 4.98 Å². The van der Waals surface area contributed by atoms with E-state index in [0.717, 1.165) is 23.0 Å². The van der Waals surface area contributed by atoms with Crippen LogP contribution in [0.25, 0.3) is 0 Å². The second kappa shape index (κ2) is 3.15. The van der Waals surface area contributed by atoms with Gasteiger partial charge in [-0.3, -0.25) is 0 Å². The molecule has 0 amide bonds. The molecule has 0 aliphatic heterocycles. The Hall–Kier alpha value is -1.03. The third kappa shape index (κ3) is 1.58. The maximum Gasteiger partial charge on any atom is 0.184 e. The summed E-state index contributed by atoms with van der Waals surface area (Å²) in [7, 11) is 0. The maximum absolute atomic E-state index is 5.55. The normalized spacial score (nSPS) is 17.0. The van der Waals surface area contributed by atoms with Crippen molar-refractivity contribution in [3.63, 3.8) is 0 Å². The number of anilines is 2. The molecule has 0 bridgehead atoms. The lowest BCUT2D eigenvalue weighted by Gasteiger charge is -2.09. The van der Waals surface area contributed by atoms with E-state index in [2.05, 4.69) is 22.5 Å². The van der Waals surface area contributed by atoms with Crippen molar-refractivity contribution in [2.24, 2.45) is 0 Å². The van der Waals surface area contributed by atoms with Gasteiger partial charge in [0.15, 0.2) is 5.13 Å². The third-order valence-electron chi connectivity index (χ3n) is 1.86. The molecule has 4 heteroatoms. The van der Waals surface area contributed by atoms with Crippen LogP contribution in [0.3, 0.4) is 0 Å². The molecule has 0 atom stereocenters. The molecular formula is C8H11N3S. The monoisotopic (exact) mass is 181 g/mol. The van der Waals surface area contributed by atoms with Gasteiger partial charge in [-0.05, 0) is 12.8 Å². The minimum atomic E-state index is 0.524. The SMILES string of the molecule is Nc1cnc(NC2CC=CC2)s1. The average Bonchev–Trinajstić information content (AvgIpc) is 2.63. The van der Waals surface area contributed by atoms with Gasteiger partial charge in [0.2, 0.25) is 0 Å². The Morgan fingerprint density at radius 2 is 2.25 bits per heavy atom. The van der Waals surface area contributed by atoms with E-state index in [1.165, 1.54) is 11.3 Å². The fourth-order valence-electron chi connectivity index (χ4n) is 1.26. The van der Waals surface area contributed by atoms with Gasteiger partial charge in [-0.15, -0.1) is 0 Å². The number of nitrogen functional groups attached to an aromatic ring is 1. The van der Waals surface area contributed by atoms with Crippen molar-refractivity contribution in [2.75, 3.05) is 11.1 Å². The number of nitrogens with zero attached hydrogens (tertiary/aromatic N) is 1. The molecule has 12 heavy (non-hydrogen) atoms. The Balaban J connectivity index is 1.95. The van der Waals surface area contributed by atoms with Crippen molar-refractivity contribution in [3.05, 3.63) is 18.3 Å². The molecule has 3 N–H and O–H groups in total. The largest absolute Gasteiger partial charge is 0.389 e. The topological polar surface area (TPSA) is 50.9 Å². The Morgan fingerprint density at radius 1 is 1.50 bits per heavy atom. The molecule has 0 unspecified atom stereocenters. The van der Waals surface area contributed by atoms with Gasteiger partial charge in [0.05, 0.1) is 6.20 Å². The lowest BCUT2D eigenvalue weighted by Crippen LogP contribution is -2.14. The highest BCUT2D eigenvalue weighted by molar-refractivity contribution is 7.19. The van der Waals surface area contributed by atoms with Crippen molar-refractivity contribution < 1.29 is 0 Å². The van der Waals surface area contributed by atoms with E-state index < -0.39 is 0 Å². The van der Waals surface area contributed by atoms with Crippen LogP contribution < -0.4 is 11.1 Å². The third-order valence-corrected chi connectivity index (χ3v) is 2.62. The smallest absolute Gasteiger partial charge is 0.184 e. The van der Waals surface area contributed by atoms with Crippen LogP contribution in [0, 0.1) is 0 Å². The van der Waals surface area contributed by atoms with Crippen LogP contribution in [0.15, 0.2) is 18.3 Å². The minimum Gasteiger partial charge on any atom is -0.389 e. The highest BCUT2D eigenvalue weighted by Gasteiger charge is 2.10. The van der Waals surface area contributed by atoms with Gasteiger partial charge in [-0.2, -0.15) is 0 Å². The number of nitrogens with two attached hydrogens (primary N) is 1. The fraction of sp³-hybridized carbons (Fsp3) is 0.375. The van der Waals surface area contributed by atoms with Crippen LogP contribution in [-0.2, 0) is 0 Å². The van der Waals surface area contributed by atoms with Crippen LogP contribution in [0.1, 0.15) is 12.8 Å². The summed E-state index contributed by atoms with van der Waals surface area (Å²) in [6.07, 6.45) is 8.26. The van der Waals surface area contributed by atoms with Gasteiger partial charge in [-0.1, -0.05) is 23.5 Å². The first-order chi connectivity index (χ1) is 5.84. The van der Waals surface area contributed by atoms with E-state index in [1.54, 1.807) is 6.20 Å². The van der Waals surface area contributed by atoms with E-state index in [1.807, 2.05) is 0 Å². The maximum atomic E-state index is 5.55. The molecule has 0 fully saturated rings. The predicted octanol–water partition coefficient (Wildman–Crippen LogP) is 1.86. The molecule has 3 nitrogen and oxygen atoms in total. The minimum absolute atomic E-state index is 0.524. The number of hydrogen-bond donors (Lipinski definition) is 2. The zero-order valence-electron chi connectivity index (χ0n) is 6.66. The summed E-state index contributed by atoms with van der Waals surface area (Å²) >= 11 is 1.50. The summed E-state index contributed by atoms with van der Waals surface area (Å²) in [6, 6.07) is 0.524. The summed E-state index contributed by atoms with van der Waals surface area (Å²) in [5.74, 6) is 0. The van der Waals surface area contributed by atoms with Crippen LogP contribution >= 0.6 is 11.3 Å². The van der Waals surface area contributed by atoms with Gasteiger partial charge >= 0.3 is 0 Å². The fourth-order valence-corrected chi connectivity index (χ4v) is 1.92. The van der Waals surface area contributed by atoms with E-state index in [4.69, 9.17) is 5.73 Å². The van der Waals surface area contributed by atoms with Gasteiger partial charge < -0.3 is 11.1 Å². The average molecular weight is 181 g/mol. The Morgan fingerprint density at radius 3 is 2.83 bits per heavy atom. The lowest BCUT2D eigenvalue weighted by molar-refractivity contribution is 0.785. The highest BCUT2D eigenvalue weighted by atomic mass is 32.1. The molecule has 1 aliphatic rings. The van der Waals surface area contributed by atoms with Crippen molar-refractivity contribution in [3.8, 4) is 0 Å².